The molecule has 0 aromatic carbocycles. The van der Waals surface area contributed by atoms with Gasteiger partial charge in [-0.3, -0.25) is 0 Å². The van der Waals surface area contributed by atoms with Gasteiger partial charge in [-0.1, -0.05) is 77.4 Å². The van der Waals surface area contributed by atoms with E-state index in [-0.39, 0.29) is 6.42 Å². The Balaban J connectivity index is 1.48. The summed E-state index contributed by atoms with van der Waals surface area (Å²) in [7, 11) is 0. The van der Waals surface area contributed by atoms with Crippen molar-refractivity contribution in [2.24, 2.45) is 17.8 Å². The minimum absolute atomic E-state index is 0.252. The van der Waals surface area contributed by atoms with Gasteiger partial charge in [-0.25, -0.2) is 4.79 Å². The number of rotatable bonds is 17. The SMILES string of the molecule is CCCC[C@@H](C)CCC[C@H]1CCC[C@@H]1C/C=C\CCC(OC1CCCCO1)(OC1CCCCO1)C(=O)O. The highest BCUT2D eigenvalue weighted by atomic mass is 16.8. The second-order valence-electron chi connectivity index (χ2n) is 11.8. The number of aliphatic carboxylic acids is 1. The van der Waals surface area contributed by atoms with Gasteiger partial charge in [0.1, 0.15) is 0 Å². The molecule has 2 saturated heterocycles. The Labute approximate surface area is 225 Å². The molecule has 3 rings (SSSR count). The molecule has 0 aromatic heterocycles. The number of carboxylic acids is 1. The van der Waals surface area contributed by atoms with Crippen LogP contribution in [0.2, 0.25) is 0 Å². The summed E-state index contributed by atoms with van der Waals surface area (Å²) in [4.78, 5) is 12.5. The van der Waals surface area contributed by atoms with E-state index in [0.29, 0.717) is 32.5 Å². The van der Waals surface area contributed by atoms with E-state index in [4.69, 9.17) is 18.9 Å². The average molecular weight is 523 g/mol. The van der Waals surface area contributed by atoms with Crippen LogP contribution in [0.15, 0.2) is 12.2 Å². The van der Waals surface area contributed by atoms with Crippen molar-refractivity contribution in [1.82, 2.24) is 0 Å². The number of allylic oxidation sites excluding steroid dienone is 2. The van der Waals surface area contributed by atoms with E-state index in [1.807, 2.05) is 0 Å². The summed E-state index contributed by atoms with van der Waals surface area (Å²) in [6.45, 7) is 5.89. The predicted octanol–water partition coefficient (Wildman–Crippen LogP) is 7.99. The van der Waals surface area contributed by atoms with E-state index in [2.05, 4.69) is 26.0 Å². The lowest BCUT2D eigenvalue weighted by molar-refractivity contribution is -0.352. The zero-order valence-electron chi connectivity index (χ0n) is 23.7. The lowest BCUT2D eigenvalue weighted by Gasteiger charge is -2.37. The highest BCUT2D eigenvalue weighted by molar-refractivity contribution is 5.75. The fourth-order valence-corrected chi connectivity index (χ4v) is 6.28. The Hall–Kier alpha value is -0.950. The van der Waals surface area contributed by atoms with Gasteiger partial charge < -0.3 is 24.1 Å². The Morgan fingerprint density at radius 2 is 1.57 bits per heavy atom. The number of unbranched alkanes of at least 4 members (excludes halogenated alkanes) is 1. The van der Waals surface area contributed by atoms with Crippen LogP contribution in [0.3, 0.4) is 0 Å². The fourth-order valence-electron chi connectivity index (χ4n) is 6.28. The van der Waals surface area contributed by atoms with Crippen molar-refractivity contribution in [3.8, 4) is 0 Å². The first kappa shape index (κ1) is 30.6. The minimum atomic E-state index is -1.74. The number of hydrogen-bond acceptors (Lipinski definition) is 5. The van der Waals surface area contributed by atoms with Crippen molar-refractivity contribution >= 4 is 5.97 Å². The molecule has 5 atom stereocenters. The van der Waals surface area contributed by atoms with E-state index in [1.165, 1.54) is 57.8 Å². The first-order valence-corrected chi connectivity index (χ1v) is 15.5. The van der Waals surface area contributed by atoms with Crippen LogP contribution < -0.4 is 0 Å². The highest BCUT2D eigenvalue weighted by Gasteiger charge is 2.46. The molecular formula is C31H54O6. The van der Waals surface area contributed by atoms with Crippen LogP contribution in [0.5, 0.6) is 0 Å². The molecule has 1 N–H and O–H groups in total. The molecule has 0 spiro atoms. The molecule has 0 bridgehead atoms. The summed E-state index contributed by atoms with van der Waals surface area (Å²) in [5, 5.41) is 10.2. The highest BCUT2D eigenvalue weighted by Crippen LogP contribution is 2.38. The zero-order chi connectivity index (χ0) is 26.3. The predicted molar refractivity (Wildman–Crippen MR) is 146 cm³/mol. The topological polar surface area (TPSA) is 74.2 Å². The molecule has 0 radical (unpaired) electrons. The summed E-state index contributed by atoms with van der Waals surface area (Å²) in [6, 6.07) is 0. The smallest absolute Gasteiger partial charge is 0.364 e. The average Bonchev–Trinajstić information content (AvgIpc) is 3.35. The Kier molecular flexibility index (Phi) is 14.0. The molecule has 214 valence electrons. The summed E-state index contributed by atoms with van der Waals surface area (Å²) >= 11 is 0. The van der Waals surface area contributed by atoms with Crippen LogP contribution in [0, 0.1) is 17.8 Å². The van der Waals surface area contributed by atoms with E-state index < -0.39 is 24.3 Å². The Bertz CT molecular complexity index is 632. The Morgan fingerprint density at radius 3 is 2.16 bits per heavy atom. The van der Waals surface area contributed by atoms with Crippen LogP contribution >= 0.6 is 0 Å². The first-order valence-electron chi connectivity index (χ1n) is 15.5. The van der Waals surface area contributed by atoms with Gasteiger partial charge in [0.15, 0.2) is 12.6 Å². The van der Waals surface area contributed by atoms with Crippen molar-refractivity contribution in [1.29, 1.82) is 0 Å². The quantitative estimate of drug-likeness (QED) is 0.154. The van der Waals surface area contributed by atoms with Gasteiger partial charge >= 0.3 is 5.97 Å². The maximum absolute atomic E-state index is 12.5. The first-order chi connectivity index (χ1) is 18.0. The number of ether oxygens (including phenoxy) is 4. The molecule has 3 aliphatic rings. The normalized spacial score (nSPS) is 29.4. The second kappa shape index (κ2) is 16.9. The standard InChI is InChI=1S/C31H54O6/c1-3-4-14-25(2)15-12-17-27-19-13-18-26(27)16-6-5-9-22-31(30(32)33,36-28-20-7-10-23-34-28)37-29-21-8-11-24-35-29/h5-6,25-29H,3-4,7-24H2,1-2H3,(H,32,33)/b6-5-/t25-,26+,27+,28?,29?,31?/m1/s1. The van der Waals surface area contributed by atoms with Crippen LogP contribution in [-0.2, 0) is 23.7 Å². The monoisotopic (exact) mass is 522 g/mol. The Morgan fingerprint density at radius 1 is 0.919 bits per heavy atom. The largest absolute Gasteiger partial charge is 0.477 e. The molecule has 1 saturated carbocycles. The van der Waals surface area contributed by atoms with Gasteiger partial charge in [0.2, 0.25) is 0 Å². The van der Waals surface area contributed by atoms with E-state index in [1.54, 1.807) is 0 Å². The van der Waals surface area contributed by atoms with E-state index in [0.717, 1.165) is 49.9 Å². The van der Waals surface area contributed by atoms with Crippen molar-refractivity contribution in [2.45, 2.75) is 148 Å². The lowest BCUT2D eigenvalue weighted by Crippen LogP contribution is -2.51. The molecule has 3 fully saturated rings. The summed E-state index contributed by atoms with van der Waals surface area (Å²) in [5.74, 6) is -0.353. The third-order valence-electron chi connectivity index (χ3n) is 8.63. The maximum Gasteiger partial charge on any atom is 0.364 e. The van der Waals surface area contributed by atoms with Gasteiger partial charge in [-0.15, -0.1) is 0 Å². The summed E-state index contributed by atoms with van der Waals surface area (Å²) in [6.07, 6.45) is 22.7. The molecule has 2 heterocycles. The van der Waals surface area contributed by atoms with Gasteiger partial charge in [-0.2, -0.15) is 0 Å². The van der Waals surface area contributed by atoms with Crippen LogP contribution in [-0.4, -0.2) is 42.7 Å². The van der Waals surface area contributed by atoms with E-state index in [9.17, 15) is 9.90 Å². The van der Waals surface area contributed by atoms with Crippen molar-refractivity contribution in [3.05, 3.63) is 12.2 Å². The molecule has 0 amide bonds. The lowest BCUT2D eigenvalue weighted by atomic mass is 9.87. The summed E-state index contributed by atoms with van der Waals surface area (Å²) in [5.41, 5.74) is 0. The zero-order valence-corrected chi connectivity index (χ0v) is 23.7. The molecule has 2 unspecified atom stereocenters. The molecule has 2 aliphatic heterocycles. The van der Waals surface area contributed by atoms with Crippen LogP contribution in [0.1, 0.15) is 129 Å². The molecule has 37 heavy (non-hydrogen) atoms. The summed E-state index contributed by atoms with van der Waals surface area (Å²) < 4.78 is 23.6. The number of carboxylic acid groups (broad SMARTS) is 1. The molecule has 0 aromatic rings. The van der Waals surface area contributed by atoms with Crippen molar-refractivity contribution in [3.63, 3.8) is 0 Å². The fraction of sp³-hybridized carbons (Fsp3) is 0.903. The minimum Gasteiger partial charge on any atom is -0.477 e. The van der Waals surface area contributed by atoms with Crippen molar-refractivity contribution in [2.75, 3.05) is 13.2 Å². The van der Waals surface area contributed by atoms with Crippen LogP contribution in [0.25, 0.3) is 0 Å². The molecule has 6 nitrogen and oxygen atoms in total. The molecular weight excluding hydrogens is 468 g/mol. The third kappa shape index (κ3) is 10.6. The molecule has 6 heteroatoms. The maximum atomic E-state index is 12.5. The number of carbonyl (C=O) groups is 1. The second-order valence-corrected chi connectivity index (χ2v) is 11.8. The molecule has 1 aliphatic carbocycles. The van der Waals surface area contributed by atoms with Crippen LogP contribution in [0.4, 0.5) is 0 Å². The van der Waals surface area contributed by atoms with Gasteiger partial charge in [0, 0.05) is 19.6 Å². The van der Waals surface area contributed by atoms with Crippen molar-refractivity contribution < 1.29 is 28.8 Å². The van der Waals surface area contributed by atoms with E-state index >= 15 is 0 Å². The number of hydrogen-bond donors (Lipinski definition) is 1. The van der Waals surface area contributed by atoms with Gasteiger partial charge in [0.25, 0.3) is 5.79 Å². The van der Waals surface area contributed by atoms with Gasteiger partial charge in [-0.05, 0) is 75.5 Å². The van der Waals surface area contributed by atoms with Gasteiger partial charge in [0.05, 0.1) is 0 Å². The third-order valence-corrected chi connectivity index (χ3v) is 8.63.